The van der Waals surface area contributed by atoms with E-state index in [1.807, 2.05) is 6.92 Å². The Kier molecular flexibility index (Phi) is 1.85. The van der Waals surface area contributed by atoms with E-state index in [1.54, 1.807) is 6.07 Å². The van der Waals surface area contributed by atoms with Crippen LogP contribution in [0.15, 0.2) is 23.0 Å². The predicted molar refractivity (Wildman–Crippen MR) is 62.4 cm³/mol. The Morgan fingerprint density at radius 1 is 1.38 bits per heavy atom. The highest BCUT2D eigenvalue weighted by molar-refractivity contribution is 7.13. The van der Waals surface area contributed by atoms with E-state index in [4.69, 9.17) is 0 Å². The monoisotopic (exact) mass is 234 g/mol. The zero-order valence-electron chi connectivity index (χ0n) is 8.37. The number of hydrogen-bond donors (Lipinski definition) is 1. The van der Waals surface area contributed by atoms with Gasteiger partial charge in [-0.15, -0.1) is 0 Å². The van der Waals surface area contributed by atoms with Crippen LogP contribution in [0.2, 0.25) is 0 Å². The van der Waals surface area contributed by atoms with E-state index >= 15 is 0 Å². The first-order chi connectivity index (χ1) is 7.66. The van der Waals surface area contributed by atoms with Crippen LogP contribution in [0.4, 0.5) is 4.39 Å². The molecule has 3 rings (SSSR count). The van der Waals surface area contributed by atoms with Crippen LogP contribution < -0.4 is 5.56 Å². The van der Waals surface area contributed by atoms with Gasteiger partial charge < -0.3 is 4.98 Å². The lowest BCUT2D eigenvalue weighted by molar-refractivity contribution is 0.629. The summed E-state index contributed by atoms with van der Waals surface area (Å²) in [4.78, 5) is 15.2. The van der Waals surface area contributed by atoms with Crippen molar-refractivity contribution in [2.45, 2.75) is 6.92 Å². The van der Waals surface area contributed by atoms with Gasteiger partial charge in [0, 0.05) is 5.39 Å². The molecular weight excluding hydrogens is 227 g/mol. The number of rotatable bonds is 0. The molecule has 1 aromatic carbocycles. The Morgan fingerprint density at radius 2 is 2.19 bits per heavy atom. The summed E-state index contributed by atoms with van der Waals surface area (Å²) in [5.41, 5.74) is 0.582. The van der Waals surface area contributed by atoms with Gasteiger partial charge in [0.1, 0.15) is 10.6 Å². The third-order valence-electron chi connectivity index (χ3n) is 2.59. The lowest BCUT2D eigenvalue weighted by Crippen LogP contribution is -2.05. The summed E-state index contributed by atoms with van der Waals surface area (Å²) >= 11 is 1.25. The number of aromatic nitrogens is 2. The predicted octanol–water partition coefficient (Wildman–Crippen LogP) is 2.59. The highest BCUT2D eigenvalue weighted by atomic mass is 32.1. The number of pyridine rings is 1. The van der Waals surface area contributed by atoms with Gasteiger partial charge >= 0.3 is 0 Å². The molecule has 0 aliphatic rings. The Bertz CT molecular complexity index is 760. The quantitative estimate of drug-likeness (QED) is 0.649. The van der Waals surface area contributed by atoms with E-state index < -0.39 is 5.82 Å². The fourth-order valence-corrected chi connectivity index (χ4v) is 2.67. The first-order valence-corrected chi connectivity index (χ1v) is 5.51. The number of nitrogens with zero attached hydrogens (tertiary/aromatic N) is 1. The molecule has 1 N–H and O–H groups in total. The van der Waals surface area contributed by atoms with Gasteiger partial charge in [0.15, 0.2) is 0 Å². The summed E-state index contributed by atoms with van der Waals surface area (Å²) in [6, 6.07) is 4.24. The number of hydrogen-bond acceptors (Lipinski definition) is 3. The van der Waals surface area contributed by atoms with Crippen LogP contribution in [0.5, 0.6) is 0 Å². The summed E-state index contributed by atoms with van der Waals surface area (Å²) < 4.78 is 17.3. The van der Waals surface area contributed by atoms with E-state index in [1.165, 1.54) is 23.7 Å². The van der Waals surface area contributed by atoms with Crippen LogP contribution in [-0.2, 0) is 0 Å². The maximum absolute atomic E-state index is 13.1. The molecule has 80 valence electrons. The second kappa shape index (κ2) is 3.12. The van der Waals surface area contributed by atoms with E-state index in [-0.39, 0.29) is 5.56 Å². The third-order valence-corrected chi connectivity index (χ3v) is 3.44. The van der Waals surface area contributed by atoms with Crippen molar-refractivity contribution >= 4 is 32.5 Å². The molecule has 0 radical (unpaired) electrons. The van der Waals surface area contributed by atoms with Crippen molar-refractivity contribution in [3.8, 4) is 0 Å². The van der Waals surface area contributed by atoms with Gasteiger partial charge in [-0.2, -0.15) is 4.37 Å². The Morgan fingerprint density at radius 3 is 3.00 bits per heavy atom. The van der Waals surface area contributed by atoms with Gasteiger partial charge in [-0.05, 0) is 36.0 Å². The molecule has 0 spiro atoms. The molecule has 0 saturated carbocycles. The number of H-pyrrole nitrogens is 1. The molecule has 5 heteroatoms. The molecule has 0 amide bonds. The van der Waals surface area contributed by atoms with E-state index in [2.05, 4.69) is 9.36 Å². The SMILES string of the molecule is Cc1nsc2[nH]c(=O)c3cc(F)ccc3c12. The number of fused-ring (bicyclic) bond motifs is 3. The average Bonchev–Trinajstić information content (AvgIpc) is 2.61. The summed E-state index contributed by atoms with van der Waals surface area (Å²) in [7, 11) is 0. The Balaban J connectivity index is 2.68. The van der Waals surface area contributed by atoms with E-state index in [9.17, 15) is 9.18 Å². The molecule has 3 aromatic rings. The summed E-state index contributed by atoms with van der Waals surface area (Å²) in [5.74, 6) is -0.404. The zero-order valence-corrected chi connectivity index (χ0v) is 9.19. The maximum atomic E-state index is 13.1. The van der Waals surface area contributed by atoms with Crippen LogP contribution in [0.25, 0.3) is 21.0 Å². The van der Waals surface area contributed by atoms with Crippen LogP contribution in [0, 0.1) is 12.7 Å². The van der Waals surface area contributed by atoms with Crippen molar-refractivity contribution in [3.05, 3.63) is 40.1 Å². The van der Waals surface area contributed by atoms with E-state index in [0.717, 1.165) is 21.3 Å². The van der Waals surface area contributed by atoms with Gasteiger partial charge in [0.05, 0.1) is 11.1 Å². The van der Waals surface area contributed by atoms with Crippen molar-refractivity contribution in [2.24, 2.45) is 0 Å². The average molecular weight is 234 g/mol. The standard InChI is InChI=1S/C11H7FN2OS/c1-5-9-7-3-2-6(12)4-8(7)10(15)13-11(9)16-14-5/h2-4H,1H3,(H,13,15). The lowest BCUT2D eigenvalue weighted by atomic mass is 10.1. The molecule has 16 heavy (non-hydrogen) atoms. The summed E-state index contributed by atoms with van der Waals surface area (Å²) in [5, 5.41) is 2.03. The van der Waals surface area contributed by atoms with Crippen LogP contribution in [-0.4, -0.2) is 9.36 Å². The number of nitrogens with one attached hydrogen (secondary N) is 1. The molecule has 0 fully saturated rings. The molecule has 0 bridgehead atoms. The smallest absolute Gasteiger partial charge is 0.257 e. The number of benzene rings is 1. The lowest BCUT2D eigenvalue weighted by Gasteiger charge is -1.99. The number of halogens is 1. The number of aryl methyl sites for hydroxylation is 1. The second-order valence-electron chi connectivity index (χ2n) is 3.62. The van der Waals surface area contributed by atoms with Gasteiger partial charge in [-0.1, -0.05) is 6.07 Å². The van der Waals surface area contributed by atoms with Crippen molar-refractivity contribution in [2.75, 3.05) is 0 Å². The molecule has 3 nitrogen and oxygen atoms in total. The van der Waals surface area contributed by atoms with Crippen molar-refractivity contribution in [1.82, 2.24) is 9.36 Å². The molecule has 2 heterocycles. The fraction of sp³-hybridized carbons (Fsp3) is 0.0909. The Labute approximate surface area is 93.7 Å². The molecule has 0 aliphatic carbocycles. The second-order valence-corrected chi connectivity index (χ2v) is 4.39. The maximum Gasteiger partial charge on any atom is 0.257 e. The van der Waals surface area contributed by atoms with Crippen LogP contribution >= 0.6 is 11.5 Å². The molecular formula is C11H7FN2OS. The molecule has 0 aliphatic heterocycles. The minimum Gasteiger partial charge on any atom is -0.312 e. The van der Waals surface area contributed by atoms with Crippen LogP contribution in [0.3, 0.4) is 0 Å². The molecule has 2 aromatic heterocycles. The summed E-state index contributed by atoms with van der Waals surface area (Å²) in [6.07, 6.45) is 0. The summed E-state index contributed by atoms with van der Waals surface area (Å²) in [6.45, 7) is 1.87. The van der Waals surface area contributed by atoms with Crippen molar-refractivity contribution in [1.29, 1.82) is 0 Å². The fourth-order valence-electron chi connectivity index (χ4n) is 1.87. The van der Waals surface area contributed by atoms with Gasteiger partial charge in [-0.3, -0.25) is 4.79 Å². The largest absolute Gasteiger partial charge is 0.312 e. The van der Waals surface area contributed by atoms with Gasteiger partial charge in [-0.25, -0.2) is 4.39 Å². The normalized spacial score (nSPS) is 11.4. The van der Waals surface area contributed by atoms with Crippen molar-refractivity contribution < 1.29 is 4.39 Å². The highest BCUT2D eigenvalue weighted by Gasteiger charge is 2.10. The minimum atomic E-state index is -0.404. The number of aromatic amines is 1. The topological polar surface area (TPSA) is 45.8 Å². The zero-order chi connectivity index (χ0) is 11.3. The van der Waals surface area contributed by atoms with Crippen molar-refractivity contribution in [3.63, 3.8) is 0 Å². The molecule has 0 saturated heterocycles. The third kappa shape index (κ3) is 1.18. The van der Waals surface area contributed by atoms with Crippen LogP contribution in [0.1, 0.15) is 5.69 Å². The van der Waals surface area contributed by atoms with Gasteiger partial charge in [0.2, 0.25) is 0 Å². The molecule has 0 unspecified atom stereocenters. The minimum absolute atomic E-state index is 0.273. The first kappa shape index (κ1) is 9.47. The van der Waals surface area contributed by atoms with E-state index in [0.29, 0.717) is 5.39 Å². The Hall–Kier alpha value is -1.75. The molecule has 0 atom stereocenters. The highest BCUT2D eigenvalue weighted by Crippen LogP contribution is 2.26. The van der Waals surface area contributed by atoms with Gasteiger partial charge in [0.25, 0.3) is 5.56 Å². The first-order valence-electron chi connectivity index (χ1n) is 4.74.